The van der Waals surface area contributed by atoms with Crippen molar-refractivity contribution in [1.29, 1.82) is 0 Å². The fourth-order valence-corrected chi connectivity index (χ4v) is 1.55. The number of nitrogen functional groups attached to an aromatic ring is 1. The van der Waals surface area contributed by atoms with Crippen LogP contribution in [0.3, 0.4) is 0 Å². The van der Waals surface area contributed by atoms with Crippen molar-refractivity contribution in [2.75, 3.05) is 18.9 Å². The quantitative estimate of drug-likeness (QED) is 0.680. The van der Waals surface area contributed by atoms with Gasteiger partial charge in [-0.15, -0.1) is 0 Å². The van der Waals surface area contributed by atoms with E-state index in [2.05, 4.69) is 15.5 Å². The maximum atomic E-state index is 11.7. The molecular weight excluding hydrogens is 244 g/mol. The molecule has 1 aromatic heterocycles. The maximum Gasteiger partial charge on any atom is 0.256 e. The first-order valence-corrected chi connectivity index (χ1v) is 6.02. The number of H-pyrrole nitrogens is 1. The molecule has 0 fully saturated rings. The van der Waals surface area contributed by atoms with Gasteiger partial charge in [-0.05, 0) is 18.6 Å². The van der Waals surface area contributed by atoms with Gasteiger partial charge in [-0.2, -0.15) is 5.10 Å². The van der Waals surface area contributed by atoms with Gasteiger partial charge in [0.25, 0.3) is 5.91 Å². The normalized spacial score (nSPS) is 10.1. The number of amides is 1. The Bertz CT molecular complexity index is 524. The zero-order chi connectivity index (χ0) is 13.5. The van der Waals surface area contributed by atoms with E-state index in [1.54, 1.807) is 0 Å². The Morgan fingerprint density at radius 2 is 2.16 bits per heavy atom. The molecule has 2 aromatic rings. The molecule has 0 radical (unpaired) electrons. The number of rotatable bonds is 6. The number of benzene rings is 1. The van der Waals surface area contributed by atoms with E-state index in [9.17, 15) is 4.79 Å². The lowest BCUT2D eigenvalue weighted by atomic mass is 10.3. The van der Waals surface area contributed by atoms with Crippen molar-refractivity contribution >= 4 is 11.7 Å². The predicted octanol–water partition coefficient (Wildman–Crippen LogP) is 1.19. The average Bonchev–Trinajstić information content (AvgIpc) is 2.86. The monoisotopic (exact) mass is 260 g/mol. The lowest BCUT2D eigenvalue weighted by molar-refractivity contribution is 0.0952. The van der Waals surface area contributed by atoms with Crippen LogP contribution in [0, 0.1) is 0 Å². The van der Waals surface area contributed by atoms with E-state index in [4.69, 9.17) is 10.5 Å². The summed E-state index contributed by atoms with van der Waals surface area (Å²) in [5.41, 5.74) is 5.91. The molecular formula is C13H16N4O2. The molecule has 6 heteroatoms. The van der Waals surface area contributed by atoms with Crippen molar-refractivity contribution < 1.29 is 9.53 Å². The van der Waals surface area contributed by atoms with Gasteiger partial charge in [0.2, 0.25) is 0 Å². The number of carbonyl (C=O) groups excluding carboxylic acids is 1. The van der Waals surface area contributed by atoms with Gasteiger partial charge in [0.15, 0.2) is 0 Å². The van der Waals surface area contributed by atoms with Crippen LogP contribution in [0.25, 0.3) is 0 Å². The Balaban J connectivity index is 1.65. The summed E-state index contributed by atoms with van der Waals surface area (Å²) in [5.74, 6) is 0.872. The zero-order valence-corrected chi connectivity index (χ0v) is 10.4. The number of aromatic amines is 1. The highest BCUT2D eigenvalue weighted by molar-refractivity contribution is 5.97. The van der Waals surface area contributed by atoms with Crippen LogP contribution in [-0.4, -0.2) is 29.3 Å². The molecule has 1 heterocycles. The number of carbonyl (C=O) groups is 1. The Morgan fingerprint density at radius 3 is 2.84 bits per heavy atom. The number of ether oxygens (including phenoxy) is 1. The van der Waals surface area contributed by atoms with Crippen LogP contribution in [0.4, 0.5) is 5.82 Å². The first-order chi connectivity index (χ1) is 9.27. The standard InChI is InChI=1S/C13H16N4O2/c14-12-11(9-16-17-12)13(18)15-7-4-8-19-10-5-2-1-3-6-10/h1-3,5-6,9H,4,7-8H2,(H,15,18)(H3,14,16,17). The average molecular weight is 260 g/mol. The number of nitrogens with one attached hydrogen (secondary N) is 2. The third kappa shape index (κ3) is 3.74. The zero-order valence-electron chi connectivity index (χ0n) is 10.4. The molecule has 1 aromatic carbocycles. The Kier molecular flexibility index (Phi) is 4.39. The van der Waals surface area contributed by atoms with Crippen molar-refractivity contribution in [1.82, 2.24) is 15.5 Å². The first-order valence-electron chi connectivity index (χ1n) is 6.02. The molecule has 0 saturated heterocycles. The molecule has 1 amide bonds. The van der Waals surface area contributed by atoms with Gasteiger partial charge >= 0.3 is 0 Å². The third-order valence-electron chi connectivity index (χ3n) is 2.53. The van der Waals surface area contributed by atoms with Crippen LogP contribution in [0.15, 0.2) is 36.5 Å². The Morgan fingerprint density at radius 1 is 1.37 bits per heavy atom. The lowest BCUT2D eigenvalue weighted by Crippen LogP contribution is -2.25. The number of hydrogen-bond acceptors (Lipinski definition) is 4. The summed E-state index contributed by atoms with van der Waals surface area (Å²) < 4.78 is 5.51. The van der Waals surface area contributed by atoms with E-state index >= 15 is 0 Å². The molecule has 0 unspecified atom stereocenters. The van der Waals surface area contributed by atoms with Crippen LogP contribution in [0.1, 0.15) is 16.8 Å². The van der Waals surface area contributed by atoms with Gasteiger partial charge in [-0.1, -0.05) is 18.2 Å². The van der Waals surface area contributed by atoms with Gasteiger partial charge in [0, 0.05) is 6.54 Å². The molecule has 0 saturated carbocycles. The lowest BCUT2D eigenvalue weighted by Gasteiger charge is -2.06. The summed E-state index contributed by atoms with van der Waals surface area (Å²) in [5, 5.41) is 8.96. The molecule has 100 valence electrons. The number of hydrogen-bond donors (Lipinski definition) is 3. The van der Waals surface area contributed by atoms with E-state index < -0.39 is 0 Å². The molecule has 6 nitrogen and oxygen atoms in total. The minimum Gasteiger partial charge on any atom is -0.494 e. The molecule has 2 rings (SSSR count). The van der Waals surface area contributed by atoms with Crippen molar-refractivity contribution in [3.63, 3.8) is 0 Å². The molecule has 0 aliphatic carbocycles. The highest BCUT2D eigenvalue weighted by Crippen LogP contribution is 2.08. The summed E-state index contributed by atoms with van der Waals surface area (Å²) >= 11 is 0. The largest absolute Gasteiger partial charge is 0.494 e. The second-order valence-electron chi connectivity index (χ2n) is 3.97. The summed E-state index contributed by atoms with van der Waals surface area (Å²) in [6.45, 7) is 1.07. The Labute approximate surface area is 111 Å². The topological polar surface area (TPSA) is 93.0 Å². The van der Waals surface area contributed by atoms with E-state index in [1.807, 2.05) is 30.3 Å². The minimum absolute atomic E-state index is 0.231. The van der Waals surface area contributed by atoms with Crippen molar-refractivity contribution in [3.05, 3.63) is 42.1 Å². The van der Waals surface area contributed by atoms with Crippen LogP contribution in [-0.2, 0) is 0 Å². The first kappa shape index (κ1) is 12.9. The molecule has 0 aliphatic rings. The molecule has 0 bridgehead atoms. The third-order valence-corrected chi connectivity index (χ3v) is 2.53. The van der Waals surface area contributed by atoms with Gasteiger partial charge in [0.1, 0.15) is 17.1 Å². The smallest absolute Gasteiger partial charge is 0.256 e. The second kappa shape index (κ2) is 6.44. The summed E-state index contributed by atoms with van der Waals surface area (Å²) in [6, 6.07) is 9.55. The summed E-state index contributed by atoms with van der Waals surface area (Å²) in [4.78, 5) is 11.7. The molecule has 0 atom stereocenters. The molecule has 0 spiro atoms. The molecule has 19 heavy (non-hydrogen) atoms. The summed E-state index contributed by atoms with van der Waals surface area (Å²) in [6.07, 6.45) is 2.13. The fourth-order valence-electron chi connectivity index (χ4n) is 1.55. The number of aromatic nitrogens is 2. The van der Waals surface area contributed by atoms with Gasteiger partial charge in [0.05, 0.1) is 12.8 Å². The van der Waals surface area contributed by atoms with Crippen LogP contribution < -0.4 is 15.8 Å². The SMILES string of the molecule is Nc1[nH]ncc1C(=O)NCCCOc1ccccc1. The van der Waals surface area contributed by atoms with E-state index in [1.165, 1.54) is 6.20 Å². The highest BCUT2D eigenvalue weighted by Gasteiger charge is 2.10. The van der Waals surface area contributed by atoms with Crippen LogP contribution >= 0.6 is 0 Å². The second-order valence-corrected chi connectivity index (χ2v) is 3.97. The maximum absolute atomic E-state index is 11.7. The fraction of sp³-hybridized carbons (Fsp3) is 0.231. The number of para-hydroxylation sites is 1. The van der Waals surface area contributed by atoms with E-state index in [0.29, 0.717) is 18.7 Å². The number of nitrogens with zero attached hydrogens (tertiary/aromatic N) is 1. The summed E-state index contributed by atoms with van der Waals surface area (Å²) in [7, 11) is 0. The van der Waals surface area contributed by atoms with Gasteiger partial charge in [-0.25, -0.2) is 0 Å². The Hall–Kier alpha value is -2.50. The predicted molar refractivity (Wildman–Crippen MR) is 71.9 cm³/mol. The van der Waals surface area contributed by atoms with Crippen molar-refractivity contribution in [2.24, 2.45) is 0 Å². The van der Waals surface area contributed by atoms with Gasteiger partial charge in [-0.3, -0.25) is 9.89 Å². The number of anilines is 1. The minimum atomic E-state index is -0.231. The molecule has 4 N–H and O–H groups in total. The van der Waals surface area contributed by atoms with E-state index in [-0.39, 0.29) is 11.7 Å². The van der Waals surface area contributed by atoms with Crippen LogP contribution in [0.5, 0.6) is 5.75 Å². The van der Waals surface area contributed by atoms with Gasteiger partial charge < -0.3 is 15.8 Å². The van der Waals surface area contributed by atoms with E-state index in [0.717, 1.165) is 12.2 Å². The van der Waals surface area contributed by atoms with Crippen LogP contribution in [0.2, 0.25) is 0 Å². The highest BCUT2D eigenvalue weighted by atomic mass is 16.5. The van der Waals surface area contributed by atoms with Crippen molar-refractivity contribution in [2.45, 2.75) is 6.42 Å². The molecule has 0 aliphatic heterocycles. The van der Waals surface area contributed by atoms with Crippen molar-refractivity contribution in [3.8, 4) is 5.75 Å². The number of nitrogens with two attached hydrogens (primary N) is 1.